The number of carbonyl (C=O) groups is 5. The van der Waals surface area contributed by atoms with Gasteiger partial charge in [-0.2, -0.15) is 0 Å². The minimum absolute atomic E-state index is 0.0317. The maximum Gasteiger partial charge on any atom is 0.343 e. The molecule has 1 aliphatic carbocycles. The molecule has 10 heteroatoms. The Bertz CT molecular complexity index is 2070. The highest BCUT2D eigenvalue weighted by Crippen LogP contribution is 2.30. The molecule has 1 aliphatic rings. The van der Waals surface area contributed by atoms with Gasteiger partial charge in [0, 0.05) is 29.7 Å². The Hall–Kier alpha value is -6.81. The lowest BCUT2D eigenvalue weighted by molar-refractivity contribution is -0.138. The van der Waals surface area contributed by atoms with Crippen molar-refractivity contribution in [2.24, 2.45) is 0 Å². The summed E-state index contributed by atoms with van der Waals surface area (Å²) in [5, 5.41) is 0. The van der Waals surface area contributed by atoms with E-state index in [9.17, 15) is 24.0 Å². The monoisotopic (exact) mass is 740 g/mol. The van der Waals surface area contributed by atoms with E-state index in [1.54, 1.807) is 84.9 Å². The zero-order valence-corrected chi connectivity index (χ0v) is 30.2. The Morgan fingerprint density at radius 1 is 0.545 bits per heavy atom. The van der Waals surface area contributed by atoms with E-state index in [2.05, 4.69) is 13.2 Å². The largest absolute Gasteiger partial charge is 0.493 e. The predicted octanol–water partition coefficient (Wildman–Crippen LogP) is 8.11. The van der Waals surface area contributed by atoms with E-state index in [-0.39, 0.29) is 12.4 Å². The fourth-order valence-corrected chi connectivity index (χ4v) is 5.46. The second-order valence-corrected chi connectivity index (χ2v) is 12.4. The van der Waals surface area contributed by atoms with E-state index in [0.29, 0.717) is 84.8 Å². The summed E-state index contributed by atoms with van der Waals surface area (Å²) in [7, 11) is 0. The number of ether oxygens (including phenoxy) is 5. The van der Waals surface area contributed by atoms with Crippen molar-refractivity contribution in [1.29, 1.82) is 0 Å². The fourth-order valence-electron chi connectivity index (χ4n) is 5.46. The van der Waals surface area contributed by atoms with Crippen molar-refractivity contribution in [3.05, 3.63) is 161 Å². The molecule has 10 nitrogen and oxygen atoms in total. The summed E-state index contributed by atoms with van der Waals surface area (Å²) >= 11 is 0. The topological polar surface area (TPSA) is 132 Å². The van der Waals surface area contributed by atoms with Crippen LogP contribution in [0.3, 0.4) is 0 Å². The summed E-state index contributed by atoms with van der Waals surface area (Å²) in [5.41, 5.74) is 4.75. The van der Waals surface area contributed by atoms with Gasteiger partial charge in [0.15, 0.2) is 5.78 Å². The van der Waals surface area contributed by atoms with Crippen LogP contribution in [0.25, 0.3) is 12.2 Å². The maximum atomic E-state index is 13.2. The molecule has 4 aromatic carbocycles. The molecule has 0 spiro atoms. The molecule has 5 rings (SSSR count). The van der Waals surface area contributed by atoms with Crippen LogP contribution in [-0.2, 0) is 30.3 Å². The van der Waals surface area contributed by atoms with Crippen molar-refractivity contribution in [3.63, 3.8) is 0 Å². The molecule has 1 fully saturated rings. The number of rotatable bonds is 17. The smallest absolute Gasteiger partial charge is 0.343 e. The van der Waals surface area contributed by atoms with Crippen LogP contribution in [0, 0.1) is 0 Å². The van der Waals surface area contributed by atoms with Crippen LogP contribution in [0.2, 0.25) is 0 Å². The average molecular weight is 741 g/mol. The molecule has 0 atom stereocenters. The van der Waals surface area contributed by atoms with Crippen molar-refractivity contribution >= 4 is 41.8 Å². The number of aryl methyl sites for hydroxylation is 1. The zero-order chi connectivity index (χ0) is 39.0. The van der Waals surface area contributed by atoms with Crippen LogP contribution < -0.4 is 14.2 Å². The lowest BCUT2D eigenvalue weighted by Crippen LogP contribution is -2.09. The summed E-state index contributed by atoms with van der Waals surface area (Å²) in [6.07, 6.45) is 8.98. The van der Waals surface area contributed by atoms with Crippen molar-refractivity contribution in [2.45, 2.75) is 32.1 Å². The van der Waals surface area contributed by atoms with Crippen molar-refractivity contribution in [2.75, 3.05) is 19.8 Å². The first kappa shape index (κ1) is 39.4. The summed E-state index contributed by atoms with van der Waals surface area (Å²) < 4.78 is 26.6. The molecule has 280 valence electrons. The Morgan fingerprint density at radius 3 is 1.45 bits per heavy atom. The Kier molecular flexibility index (Phi) is 14.2. The summed E-state index contributed by atoms with van der Waals surface area (Å²) in [6.45, 7) is 7.57. The van der Waals surface area contributed by atoms with Crippen molar-refractivity contribution in [3.8, 4) is 17.2 Å². The Labute approximate surface area is 319 Å². The van der Waals surface area contributed by atoms with Gasteiger partial charge in [0.05, 0.1) is 30.9 Å². The van der Waals surface area contributed by atoms with Gasteiger partial charge in [-0.25, -0.2) is 19.2 Å². The second kappa shape index (κ2) is 19.9. The number of hydrogen-bond donors (Lipinski definition) is 0. The third-order valence-corrected chi connectivity index (χ3v) is 8.38. The van der Waals surface area contributed by atoms with Crippen LogP contribution in [0.4, 0.5) is 0 Å². The third kappa shape index (κ3) is 12.1. The quantitative estimate of drug-likeness (QED) is 0.0453. The normalized spacial score (nSPS) is 13.6. The van der Waals surface area contributed by atoms with E-state index < -0.39 is 23.9 Å². The van der Waals surface area contributed by atoms with E-state index in [0.717, 1.165) is 28.8 Å². The SMILES string of the molecule is C=CC(=O)OCCCOc1ccc(C(=O)Oc2ccc(/C=C3\CC/C(=C\c4ccc(OC(=O)c5ccc(CCCOC(=O)C=C)cc5)cc4)C3=O)cc2)cc1. The number of benzene rings is 4. The molecule has 4 aromatic rings. The summed E-state index contributed by atoms with van der Waals surface area (Å²) in [6, 6.07) is 27.5. The van der Waals surface area contributed by atoms with Gasteiger partial charge in [0.2, 0.25) is 0 Å². The highest BCUT2D eigenvalue weighted by atomic mass is 16.5. The molecule has 0 bridgehead atoms. The number of ketones is 1. The van der Waals surface area contributed by atoms with Crippen LogP contribution >= 0.6 is 0 Å². The maximum absolute atomic E-state index is 13.2. The minimum Gasteiger partial charge on any atom is -0.493 e. The third-order valence-electron chi connectivity index (χ3n) is 8.38. The summed E-state index contributed by atoms with van der Waals surface area (Å²) in [4.78, 5) is 60.8. The highest BCUT2D eigenvalue weighted by Gasteiger charge is 2.23. The van der Waals surface area contributed by atoms with Gasteiger partial charge in [-0.3, -0.25) is 4.79 Å². The number of Topliss-reactive ketones (excluding diaryl/α,β-unsaturated/α-hetero) is 1. The average Bonchev–Trinajstić information content (AvgIpc) is 3.55. The first-order chi connectivity index (χ1) is 26.7. The molecule has 55 heavy (non-hydrogen) atoms. The number of hydrogen-bond acceptors (Lipinski definition) is 10. The Balaban J connectivity index is 1.07. The van der Waals surface area contributed by atoms with Gasteiger partial charge in [0.1, 0.15) is 17.2 Å². The predicted molar refractivity (Wildman–Crippen MR) is 207 cm³/mol. The molecular formula is C45H40O10. The standard InChI is InChI=1S/C45H40O10/c1-3-41(46)52-26-5-7-31-8-14-34(15-9-31)44(49)54-39-20-10-32(11-21-39)29-36-16-17-37(43(36)48)30-33-12-22-40(23-13-33)55-45(50)35-18-24-38(25-19-35)51-27-6-28-53-42(47)4-2/h3-4,8-15,18-25,29-30H,1-2,5-7,16-17,26-28H2/b36-29+,37-30+. The molecule has 0 aromatic heterocycles. The molecular weight excluding hydrogens is 700 g/mol. The molecule has 0 heterocycles. The highest BCUT2D eigenvalue weighted by molar-refractivity contribution is 6.15. The number of carbonyl (C=O) groups excluding carboxylic acids is 5. The van der Waals surface area contributed by atoms with E-state index >= 15 is 0 Å². The lowest BCUT2D eigenvalue weighted by Gasteiger charge is -2.08. The van der Waals surface area contributed by atoms with E-state index in [1.165, 1.54) is 0 Å². The van der Waals surface area contributed by atoms with Gasteiger partial charge in [-0.1, -0.05) is 49.6 Å². The minimum atomic E-state index is -0.523. The lowest BCUT2D eigenvalue weighted by atomic mass is 10.1. The van der Waals surface area contributed by atoms with Gasteiger partial charge in [-0.05, 0) is 115 Å². The zero-order valence-electron chi connectivity index (χ0n) is 30.2. The van der Waals surface area contributed by atoms with Crippen molar-refractivity contribution < 1.29 is 47.7 Å². The van der Waals surface area contributed by atoms with Gasteiger partial charge >= 0.3 is 23.9 Å². The van der Waals surface area contributed by atoms with Gasteiger partial charge in [-0.15, -0.1) is 0 Å². The van der Waals surface area contributed by atoms with Crippen LogP contribution in [0.5, 0.6) is 17.2 Å². The fraction of sp³-hybridized carbons (Fsp3) is 0.178. The molecule has 0 aliphatic heterocycles. The number of esters is 4. The first-order valence-corrected chi connectivity index (χ1v) is 17.7. The number of allylic oxidation sites excluding steroid dienone is 2. The molecule has 0 amide bonds. The van der Waals surface area contributed by atoms with Crippen LogP contribution in [0.15, 0.2) is 134 Å². The van der Waals surface area contributed by atoms with Gasteiger partial charge in [0.25, 0.3) is 0 Å². The molecule has 0 saturated heterocycles. The molecule has 0 radical (unpaired) electrons. The van der Waals surface area contributed by atoms with E-state index in [4.69, 9.17) is 23.7 Å². The molecule has 0 N–H and O–H groups in total. The van der Waals surface area contributed by atoms with E-state index in [1.807, 2.05) is 24.3 Å². The first-order valence-electron chi connectivity index (χ1n) is 17.7. The second-order valence-electron chi connectivity index (χ2n) is 12.4. The van der Waals surface area contributed by atoms with Crippen LogP contribution in [-0.4, -0.2) is 49.5 Å². The molecule has 0 unspecified atom stereocenters. The van der Waals surface area contributed by atoms with Gasteiger partial charge < -0.3 is 23.7 Å². The Morgan fingerprint density at radius 2 is 0.982 bits per heavy atom. The molecule has 1 saturated carbocycles. The summed E-state index contributed by atoms with van der Waals surface area (Å²) in [5.74, 6) is -0.653. The van der Waals surface area contributed by atoms with Crippen molar-refractivity contribution in [1.82, 2.24) is 0 Å². The van der Waals surface area contributed by atoms with Crippen LogP contribution in [0.1, 0.15) is 63.1 Å².